The molecule has 0 aromatic carbocycles. The summed E-state index contributed by atoms with van der Waals surface area (Å²) in [6.07, 6.45) is 10.8. The second-order valence-corrected chi connectivity index (χ2v) is 6.96. The number of unbranched alkanes of at least 4 members (excludes halogenated alkanes) is 6. The number of sulfonamides is 1. The molecule has 0 saturated carbocycles. The minimum absolute atomic E-state index is 0.103. The molecule has 21 heavy (non-hydrogen) atoms. The molecule has 0 spiro atoms. The van der Waals surface area contributed by atoms with Gasteiger partial charge in [-0.3, -0.25) is 4.68 Å². The molecule has 2 N–H and O–H groups in total. The fourth-order valence-corrected chi connectivity index (χ4v) is 2.68. The van der Waals surface area contributed by atoms with E-state index in [-0.39, 0.29) is 5.75 Å². The van der Waals surface area contributed by atoms with Gasteiger partial charge in [0, 0.05) is 6.54 Å². The van der Waals surface area contributed by atoms with Crippen molar-refractivity contribution >= 4 is 10.0 Å². The Morgan fingerprint density at radius 1 is 1.14 bits per heavy atom. The Labute approximate surface area is 127 Å². The van der Waals surface area contributed by atoms with E-state index in [9.17, 15) is 8.42 Å². The van der Waals surface area contributed by atoms with Crippen LogP contribution >= 0.6 is 0 Å². The summed E-state index contributed by atoms with van der Waals surface area (Å²) in [6, 6.07) is 0. The molecule has 1 aromatic rings. The standard InChI is InChI=1S/C14H27N3O3S/c1-2-17-13-14(12-16-17)20-10-8-6-4-3-5-7-9-11-21(15,18)19/h12-13H,2-11H2,1H3,(H2,15,18,19). The van der Waals surface area contributed by atoms with Crippen LogP contribution in [0.4, 0.5) is 0 Å². The van der Waals surface area contributed by atoms with Crippen molar-refractivity contribution < 1.29 is 13.2 Å². The summed E-state index contributed by atoms with van der Waals surface area (Å²) in [5, 5.41) is 9.09. The smallest absolute Gasteiger partial charge is 0.209 e. The van der Waals surface area contributed by atoms with Crippen LogP contribution in [-0.2, 0) is 16.6 Å². The average Bonchev–Trinajstić information content (AvgIpc) is 2.87. The van der Waals surface area contributed by atoms with Gasteiger partial charge in [-0.25, -0.2) is 13.6 Å². The van der Waals surface area contributed by atoms with Gasteiger partial charge in [-0.05, 0) is 19.8 Å². The van der Waals surface area contributed by atoms with Gasteiger partial charge in [-0.15, -0.1) is 0 Å². The molecule has 0 unspecified atom stereocenters. The number of hydrogen-bond acceptors (Lipinski definition) is 4. The predicted molar refractivity (Wildman–Crippen MR) is 83.7 cm³/mol. The molecule has 122 valence electrons. The first-order chi connectivity index (χ1) is 10.0. The lowest BCUT2D eigenvalue weighted by Gasteiger charge is -2.04. The van der Waals surface area contributed by atoms with Crippen LogP contribution in [0.15, 0.2) is 12.4 Å². The maximum Gasteiger partial charge on any atom is 0.209 e. The van der Waals surface area contributed by atoms with Gasteiger partial charge in [-0.1, -0.05) is 32.1 Å². The molecule has 0 amide bonds. The Morgan fingerprint density at radius 3 is 2.33 bits per heavy atom. The lowest BCUT2D eigenvalue weighted by atomic mass is 10.1. The van der Waals surface area contributed by atoms with Gasteiger partial charge in [-0.2, -0.15) is 5.10 Å². The number of aryl methyl sites for hydroxylation is 1. The molecule has 0 aliphatic rings. The summed E-state index contributed by atoms with van der Waals surface area (Å²) in [4.78, 5) is 0. The molecule has 1 aromatic heterocycles. The fraction of sp³-hybridized carbons (Fsp3) is 0.786. The maximum atomic E-state index is 10.7. The molecule has 1 heterocycles. The minimum Gasteiger partial charge on any atom is -0.490 e. The Balaban J connectivity index is 1.88. The molecule has 0 aliphatic carbocycles. The molecule has 7 heteroatoms. The predicted octanol–water partition coefficient (Wildman–Crippen LogP) is 2.30. The molecule has 0 fully saturated rings. The lowest BCUT2D eigenvalue weighted by Crippen LogP contribution is -2.16. The minimum atomic E-state index is -3.28. The number of aromatic nitrogens is 2. The Morgan fingerprint density at radius 2 is 1.76 bits per heavy atom. The molecular weight excluding hydrogens is 290 g/mol. The van der Waals surface area contributed by atoms with Gasteiger partial charge in [0.25, 0.3) is 0 Å². The number of rotatable bonds is 12. The zero-order chi connectivity index (χ0) is 15.6. The highest BCUT2D eigenvalue weighted by Gasteiger charge is 2.01. The maximum absolute atomic E-state index is 10.7. The summed E-state index contributed by atoms with van der Waals surface area (Å²) < 4.78 is 28.9. The van der Waals surface area contributed by atoms with E-state index in [2.05, 4.69) is 5.10 Å². The molecular formula is C14H27N3O3S. The number of ether oxygens (including phenoxy) is 1. The van der Waals surface area contributed by atoms with Crippen LogP contribution in [0.5, 0.6) is 5.75 Å². The molecule has 6 nitrogen and oxygen atoms in total. The first kappa shape index (κ1) is 18.0. The molecule has 0 bridgehead atoms. The third-order valence-electron chi connectivity index (χ3n) is 3.28. The zero-order valence-corrected chi connectivity index (χ0v) is 13.6. The van der Waals surface area contributed by atoms with Gasteiger partial charge in [0.15, 0.2) is 5.75 Å². The summed E-state index contributed by atoms with van der Waals surface area (Å²) >= 11 is 0. The van der Waals surface area contributed by atoms with Crippen LogP contribution in [0.25, 0.3) is 0 Å². The third-order valence-corrected chi connectivity index (χ3v) is 4.13. The topological polar surface area (TPSA) is 87.2 Å². The van der Waals surface area contributed by atoms with Gasteiger partial charge < -0.3 is 4.74 Å². The highest BCUT2D eigenvalue weighted by molar-refractivity contribution is 7.89. The van der Waals surface area contributed by atoms with E-state index in [1.165, 1.54) is 0 Å². The van der Waals surface area contributed by atoms with Crippen molar-refractivity contribution in [3.63, 3.8) is 0 Å². The Hall–Kier alpha value is -1.08. The summed E-state index contributed by atoms with van der Waals surface area (Å²) in [7, 11) is -3.28. The van der Waals surface area contributed by atoms with Crippen LogP contribution in [0.2, 0.25) is 0 Å². The van der Waals surface area contributed by atoms with Crippen LogP contribution in [0.1, 0.15) is 51.9 Å². The first-order valence-corrected chi connectivity index (χ1v) is 9.38. The quantitative estimate of drug-likeness (QED) is 0.599. The highest BCUT2D eigenvalue weighted by atomic mass is 32.2. The molecule has 0 saturated heterocycles. The van der Waals surface area contributed by atoms with Crippen LogP contribution in [-0.4, -0.2) is 30.6 Å². The van der Waals surface area contributed by atoms with Crippen LogP contribution < -0.4 is 9.88 Å². The van der Waals surface area contributed by atoms with Crippen molar-refractivity contribution in [2.45, 2.75) is 58.4 Å². The van der Waals surface area contributed by atoms with Crippen molar-refractivity contribution in [3.05, 3.63) is 12.4 Å². The summed E-state index contributed by atoms with van der Waals surface area (Å²) in [5.74, 6) is 0.937. The van der Waals surface area contributed by atoms with Gasteiger partial charge in [0.2, 0.25) is 10.0 Å². The normalized spacial score (nSPS) is 11.7. The number of nitrogens with zero attached hydrogens (tertiary/aromatic N) is 2. The van der Waals surface area contributed by atoms with E-state index in [0.29, 0.717) is 6.42 Å². The average molecular weight is 317 g/mol. The zero-order valence-electron chi connectivity index (χ0n) is 12.8. The fourth-order valence-electron chi connectivity index (χ4n) is 2.07. The summed E-state index contributed by atoms with van der Waals surface area (Å²) in [6.45, 7) is 3.62. The number of hydrogen-bond donors (Lipinski definition) is 1. The van der Waals surface area contributed by atoms with Crippen LogP contribution in [0, 0.1) is 0 Å². The third kappa shape index (κ3) is 9.47. The number of nitrogens with two attached hydrogens (primary N) is 1. The van der Waals surface area contributed by atoms with Crippen LogP contribution in [0.3, 0.4) is 0 Å². The monoisotopic (exact) mass is 317 g/mol. The van der Waals surface area contributed by atoms with E-state index in [1.807, 2.05) is 17.8 Å². The van der Waals surface area contributed by atoms with E-state index in [1.54, 1.807) is 6.20 Å². The Bertz CT molecular complexity index is 485. The summed E-state index contributed by atoms with van der Waals surface area (Å²) in [5.41, 5.74) is 0. The molecule has 0 radical (unpaired) electrons. The second kappa shape index (κ2) is 9.78. The lowest BCUT2D eigenvalue weighted by molar-refractivity contribution is 0.304. The first-order valence-electron chi connectivity index (χ1n) is 7.67. The van der Waals surface area contributed by atoms with Crippen molar-refractivity contribution in [1.82, 2.24) is 9.78 Å². The van der Waals surface area contributed by atoms with Crippen molar-refractivity contribution in [1.29, 1.82) is 0 Å². The largest absolute Gasteiger partial charge is 0.490 e. The van der Waals surface area contributed by atoms with E-state index < -0.39 is 10.0 Å². The molecule has 0 atom stereocenters. The van der Waals surface area contributed by atoms with Crippen molar-refractivity contribution in [2.24, 2.45) is 5.14 Å². The van der Waals surface area contributed by atoms with Crippen molar-refractivity contribution in [3.8, 4) is 5.75 Å². The SMILES string of the molecule is CCn1cc(OCCCCCCCCCS(N)(=O)=O)cn1. The highest BCUT2D eigenvalue weighted by Crippen LogP contribution is 2.11. The molecule has 1 rings (SSSR count). The Kier molecular flexibility index (Phi) is 8.37. The van der Waals surface area contributed by atoms with Gasteiger partial charge in [0.05, 0.1) is 24.8 Å². The van der Waals surface area contributed by atoms with Gasteiger partial charge in [0.1, 0.15) is 0 Å². The van der Waals surface area contributed by atoms with Crippen molar-refractivity contribution in [2.75, 3.05) is 12.4 Å². The van der Waals surface area contributed by atoms with E-state index >= 15 is 0 Å². The molecule has 0 aliphatic heterocycles. The van der Waals surface area contributed by atoms with Gasteiger partial charge >= 0.3 is 0 Å². The van der Waals surface area contributed by atoms with E-state index in [4.69, 9.17) is 9.88 Å². The number of primary sulfonamides is 1. The second-order valence-electron chi connectivity index (χ2n) is 5.22. The van der Waals surface area contributed by atoms with E-state index in [0.717, 1.165) is 57.4 Å².